The van der Waals surface area contributed by atoms with Crippen LogP contribution in [0.3, 0.4) is 0 Å². The molecule has 0 aromatic rings. The molecule has 0 aromatic heterocycles. The molecule has 0 rings (SSSR count). The summed E-state index contributed by atoms with van der Waals surface area (Å²) in [5, 5.41) is 0. The molecule has 14 heavy (non-hydrogen) atoms. The summed E-state index contributed by atoms with van der Waals surface area (Å²) in [7, 11) is 0. The quantitative estimate of drug-likeness (QED) is 0.707. The first-order chi connectivity index (χ1) is 6.12. The fourth-order valence-electron chi connectivity index (χ4n) is 0.381. The van der Waals surface area contributed by atoms with E-state index in [9.17, 15) is 9.13 Å². The molecule has 0 saturated carbocycles. The summed E-state index contributed by atoms with van der Waals surface area (Å²) in [6.07, 6.45) is -3.22. The molecule has 0 aliphatic carbocycles. The Labute approximate surface area is 98.5 Å². The summed E-state index contributed by atoms with van der Waals surface area (Å²) < 4.78 is 29.3. The van der Waals surface area contributed by atoms with Gasteiger partial charge in [0.05, 0.1) is 13.2 Å². The first-order valence-electron chi connectivity index (χ1n) is 3.68. The van der Waals surface area contributed by atoms with Crippen LogP contribution in [-0.2, 0) is 18.2 Å². The molecule has 88 valence electrons. The largest absolute Gasteiger partial charge is 0.380 e. The van der Waals surface area contributed by atoms with E-state index in [1.165, 1.54) is 6.66 Å². The molecule has 1 atom stereocenters. The van der Waals surface area contributed by atoms with E-state index in [0.717, 1.165) is 0 Å². The molecule has 0 saturated heterocycles. The Bertz CT molecular complexity index is 199. The molecular formula is C5H13Cl3O4P2. The summed E-state index contributed by atoms with van der Waals surface area (Å²) in [6.45, 7) is 2.79. The van der Waals surface area contributed by atoms with Crippen LogP contribution < -0.4 is 0 Å². The predicted molar refractivity (Wildman–Crippen MR) is 61.9 cm³/mol. The highest BCUT2D eigenvalue weighted by atomic mass is 35.9. The van der Waals surface area contributed by atoms with E-state index in [1.54, 1.807) is 13.8 Å². The number of hydrogen-bond acceptors (Lipinski definition) is 4. The van der Waals surface area contributed by atoms with E-state index in [2.05, 4.69) is 9.05 Å². The topological polar surface area (TPSA) is 52.6 Å². The summed E-state index contributed by atoms with van der Waals surface area (Å²) in [4.78, 5) is 0. The van der Waals surface area contributed by atoms with Gasteiger partial charge in [-0.25, -0.2) is 0 Å². The highest BCUT2D eigenvalue weighted by molar-refractivity contribution is 8.05. The maximum absolute atomic E-state index is 10.4. The minimum absolute atomic E-state index is 0.282. The molecule has 4 nitrogen and oxygen atoms in total. The van der Waals surface area contributed by atoms with Crippen molar-refractivity contribution in [2.24, 2.45) is 0 Å². The zero-order valence-electron chi connectivity index (χ0n) is 8.08. The molecule has 0 spiro atoms. The second-order valence-corrected chi connectivity index (χ2v) is 9.87. The summed E-state index contributed by atoms with van der Waals surface area (Å²) in [5.74, 6) is 0. The van der Waals surface area contributed by atoms with Crippen molar-refractivity contribution in [2.75, 3.05) is 19.9 Å². The van der Waals surface area contributed by atoms with Crippen LogP contribution in [0, 0.1) is 0 Å². The van der Waals surface area contributed by atoms with Gasteiger partial charge in [0.1, 0.15) is 0 Å². The first-order valence-corrected chi connectivity index (χ1v) is 10.1. The Morgan fingerprint density at radius 1 is 1.00 bits per heavy atom. The van der Waals surface area contributed by atoms with Crippen molar-refractivity contribution in [1.82, 2.24) is 0 Å². The molecule has 0 amide bonds. The van der Waals surface area contributed by atoms with Crippen molar-refractivity contribution >= 4 is 46.5 Å². The molecule has 0 N–H and O–H groups in total. The van der Waals surface area contributed by atoms with Gasteiger partial charge in [-0.15, -0.1) is 0 Å². The maximum Gasteiger partial charge on any atom is 0.380 e. The van der Waals surface area contributed by atoms with E-state index < -0.39 is 12.8 Å². The van der Waals surface area contributed by atoms with Gasteiger partial charge in [0.2, 0.25) is 0 Å². The van der Waals surface area contributed by atoms with E-state index in [1.807, 2.05) is 0 Å². The highest BCUT2D eigenvalue weighted by Crippen LogP contribution is 2.57. The molecule has 0 aliphatic rings. The van der Waals surface area contributed by atoms with Crippen molar-refractivity contribution in [3.8, 4) is 0 Å². The van der Waals surface area contributed by atoms with E-state index in [0.29, 0.717) is 6.61 Å². The molecule has 0 radical (unpaired) electrons. The molecule has 0 bridgehead atoms. The third-order valence-corrected chi connectivity index (χ3v) is 2.80. The minimum Gasteiger partial charge on any atom is -0.318 e. The van der Waals surface area contributed by atoms with E-state index in [4.69, 9.17) is 33.7 Å². The van der Waals surface area contributed by atoms with Crippen LogP contribution in [0.2, 0.25) is 0 Å². The maximum atomic E-state index is 10.4. The molecule has 9 heteroatoms. The van der Waals surface area contributed by atoms with Gasteiger partial charge in [0.25, 0.3) is 6.72 Å². The molecule has 0 aliphatic heterocycles. The van der Waals surface area contributed by atoms with Crippen LogP contribution in [0.5, 0.6) is 0 Å². The van der Waals surface area contributed by atoms with Gasteiger partial charge in [0, 0.05) is 6.66 Å². The van der Waals surface area contributed by atoms with Crippen LogP contribution in [0.1, 0.15) is 13.8 Å². The molecule has 0 fully saturated rings. The van der Waals surface area contributed by atoms with Crippen LogP contribution in [0.4, 0.5) is 0 Å². The van der Waals surface area contributed by atoms with Gasteiger partial charge in [-0.2, -0.15) is 0 Å². The van der Waals surface area contributed by atoms with Crippen molar-refractivity contribution in [3.63, 3.8) is 0 Å². The Kier molecular flexibility index (Phi) is 10.6. The van der Waals surface area contributed by atoms with Crippen LogP contribution in [0.15, 0.2) is 0 Å². The Hall–Kier alpha value is 1.25. The Morgan fingerprint density at radius 2 is 1.36 bits per heavy atom. The zero-order chi connectivity index (χ0) is 11.8. The molecule has 1 unspecified atom stereocenters. The predicted octanol–water partition coefficient (Wildman–Crippen LogP) is 4.69. The van der Waals surface area contributed by atoms with Gasteiger partial charge in [-0.3, -0.25) is 9.13 Å². The van der Waals surface area contributed by atoms with Crippen LogP contribution >= 0.6 is 46.5 Å². The van der Waals surface area contributed by atoms with Crippen molar-refractivity contribution in [2.45, 2.75) is 13.8 Å². The Balaban J connectivity index is 0. The van der Waals surface area contributed by atoms with E-state index in [-0.39, 0.29) is 6.61 Å². The third-order valence-electron chi connectivity index (χ3n) is 0.639. The average molecular weight is 305 g/mol. The van der Waals surface area contributed by atoms with Crippen LogP contribution in [0.25, 0.3) is 0 Å². The van der Waals surface area contributed by atoms with Gasteiger partial charge in [-0.05, 0) is 47.6 Å². The lowest BCUT2D eigenvalue weighted by Crippen LogP contribution is -1.78. The fourth-order valence-corrected chi connectivity index (χ4v) is 2.02. The van der Waals surface area contributed by atoms with Gasteiger partial charge >= 0.3 is 6.07 Å². The van der Waals surface area contributed by atoms with Crippen molar-refractivity contribution in [1.29, 1.82) is 0 Å². The fraction of sp³-hybridized carbons (Fsp3) is 1.00. The number of halogens is 3. The Morgan fingerprint density at radius 3 is 1.36 bits per heavy atom. The number of hydrogen-bond donors (Lipinski definition) is 0. The monoisotopic (exact) mass is 304 g/mol. The molecule has 0 heterocycles. The van der Waals surface area contributed by atoms with E-state index >= 15 is 0 Å². The molecular weight excluding hydrogens is 292 g/mol. The molecule has 0 aromatic carbocycles. The van der Waals surface area contributed by atoms with Gasteiger partial charge < -0.3 is 9.05 Å². The number of rotatable bonds is 4. The van der Waals surface area contributed by atoms with Crippen molar-refractivity contribution in [3.05, 3.63) is 0 Å². The van der Waals surface area contributed by atoms with Crippen LogP contribution in [-0.4, -0.2) is 19.9 Å². The zero-order valence-corrected chi connectivity index (χ0v) is 12.1. The lowest BCUT2D eigenvalue weighted by Gasteiger charge is -1.99. The standard InChI is InChI=1S/C3H8ClO2P.C2H5Cl2O2P/c1-3-6-7(2,4)5;1-2-6-7(3,4)5/h3H2,1-2H3;2H2,1H3. The SMILES string of the molecule is CCOP(=O)(Cl)Cl.CCOP(C)(=O)Cl. The summed E-state index contributed by atoms with van der Waals surface area (Å²) >= 11 is 15.0. The summed E-state index contributed by atoms with van der Waals surface area (Å²) in [6, 6.07) is 0. The van der Waals surface area contributed by atoms with Gasteiger partial charge in [-0.1, -0.05) is 0 Å². The summed E-state index contributed by atoms with van der Waals surface area (Å²) in [5.41, 5.74) is 0. The lowest BCUT2D eigenvalue weighted by molar-refractivity contribution is 0.349. The highest BCUT2D eigenvalue weighted by Gasteiger charge is 2.10. The first kappa shape index (κ1) is 17.6. The smallest absolute Gasteiger partial charge is 0.318 e. The second kappa shape index (κ2) is 8.41. The van der Waals surface area contributed by atoms with Gasteiger partial charge in [0.15, 0.2) is 0 Å². The third kappa shape index (κ3) is 23.2. The normalized spacial score (nSPS) is 15.3. The lowest BCUT2D eigenvalue weighted by atomic mass is 10.9. The average Bonchev–Trinajstić information content (AvgIpc) is 1.81. The second-order valence-electron chi connectivity index (χ2n) is 2.00. The minimum atomic E-state index is -3.22. The van der Waals surface area contributed by atoms with Crippen molar-refractivity contribution < 1.29 is 18.2 Å².